The highest BCUT2D eigenvalue weighted by Crippen LogP contribution is 2.34. The van der Waals surface area contributed by atoms with Crippen molar-refractivity contribution in [2.75, 3.05) is 6.54 Å². The Labute approximate surface area is 134 Å². The zero-order valence-electron chi connectivity index (χ0n) is 13.3. The van der Waals surface area contributed by atoms with Crippen LogP contribution in [0.3, 0.4) is 0 Å². The van der Waals surface area contributed by atoms with Crippen LogP contribution in [0.25, 0.3) is 0 Å². The summed E-state index contributed by atoms with van der Waals surface area (Å²) in [7, 11) is 0. The van der Waals surface area contributed by atoms with Crippen molar-refractivity contribution in [2.24, 2.45) is 0 Å². The van der Waals surface area contributed by atoms with Gasteiger partial charge < -0.3 is 5.32 Å². The normalized spacial score (nSPS) is 12.8. The Morgan fingerprint density at radius 2 is 1.80 bits per heavy atom. The molecule has 0 radical (unpaired) electrons. The van der Waals surface area contributed by atoms with Crippen molar-refractivity contribution in [1.82, 2.24) is 5.32 Å². The topological polar surface area (TPSA) is 12.0 Å². The molecule has 0 aliphatic carbocycles. The minimum Gasteiger partial charge on any atom is -0.309 e. The number of aryl methyl sites for hydroxylation is 1. The minimum atomic E-state index is 0.451. The maximum Gasteiger partial charge on any atom is 0.0590 e. The lowest BCUT2D eigenvalue weighted by Crippen LogP contribution is -2.21. The van der Waals surface area contributed by atoms with Crippen molar-refractivity contribution in [1.29, 1.82) is 0 Å². The summed E-state index contributed by atoms with van der Waals surface area (Å²) < 4.78 is 0. The molecule has 0 aromatic carbocycles. The van der Waals surface area contributed by atoms with Gasteiger partial charge in [0.15, 0.2) is 0 Å². The number of hydrogen-bond donors (Lipinski definition) is 1. The van der Waals surface area contributed by atoms with Gasteiger partial charge >= 0.3 is 0 Å². The summed E-state index contributed by atoms with van der Waals surface area (Å²) >= 11 is 8.25. The first-order valence-corrected chi connectivity index (χ1v) is 9.43. The van der Waals surface area contributed by atoms with Crippen LogP contribution in [0.2, 0.25) is 5.02 Å². The summed E-state index contributed by atoms with van der Waals surface area (Å²) in [6, 6.07) is 0.451. The van der Waals surface area contributed by atoms with Gasteiger partial charge in [-0.25, -0.2) is 0 Å². The zero-order chi connectivity index (χ0) is 14.8. The molecule has 0 saturated heterocycles. The lowest BCUT2D eigenvalue weighted by molar-refractivity contribution is 0.472. The lowest BCUT2D eigenvalue weighted by atomic mass is 10.0. The predicted octanol–water partition coefficient (Wildman–Crippen LogP) is 6.50. The molecule has 1 unspecified atom stereocenters. The van der Waals surface area contributed by atoms with E-state index in [9.17, 15) is 0 Å². The van der Waals surface area contributed by atoms with E-state index in [2.05, 4.69) is 31.5 Å². The quantitative estimate of drug-likeness (QED) is 0.459. The maximum atomic E-state index is 6.43. The Morgan fingerprint density at radius 1 is 1.10 bits per heavy atom. The fraction of sp³-hybridized carbons (Fsp3) is 0.765. The molecular formula is C17H30ClNS. The Balaban J connectivity index is 2.42. The van der Waals surface area contributed by atoms with Crippen LogP contribution in [0, 0.1) is 6.92 Å². The van der Waals surface area contributed by atoms with E-state index in [4.69, 9.17) is 11.6 Å². The molecule has 1 atom stereocenters. The van der Waals surface area contributed by atoms with Gasteiger partial charge in [-0.1, -0.05) is 64.0 Å². The highest BCUT2D eigenvalue weighted by molar-refractivity contribution is 7.10. The molecule has 0 saturated carbocycles. The van der Waals surface area contributed by atoms with Crippen molar-refractivity contribution in [3.05, 3.63) is 20.8 Å². The van der Waals surface area contributed by atoms with E-state index in [0.717, 1.165) is 11.6 Å². The van der Waals surface area contributed by atoms with Crippen LogP contribution in [0.15, 0.2) is 5.38 Å². The molecule has 1 heterocycles. The highest BCUT2D eigenvalue weighted by Gasteiger charge is 2.17. The second kappa shape index (κ2) is 10.6. The molecule has 0 aliphatic rings. The third-order valence-corrected chi connectivity index (χ3v) is 5.56. The third-order valence-electron chi connectivity index (χ3n) is 3.73. The Kier molecular flexibility index (Phi) is 9.58. The molecule has 20 heavy (non-hydrogen) atoms. The number of thiophene rings is 1. The highest BCUT2D eigenvalue weighted by atomic mass is 35.5. The van der Waals surface area contributed by atoms with Crippen LogP contribution >= 0.6 is 22.9 Å². The molecule has 0 bridgehead atoms. The van der Waals surface area contributed by atoms with Gasteiger partial charge in [-0.2, -0.15) is 0 Å². The molecule has 3 heteroatoms. The second-order valence-corrected chi connectivity index (χ2v) is 6.95. The maximum absolute atomic E-state index is 6.43. The Bertz CT molecular complexity index is 362. The lowest BCUT2D eigenvalue weighted by Gasteiger charge is -2.18. The van der Waals surface area contributed by atoms with Crippen LogP contribution < -0.4 is 5.32 Å². The van der Waals surface area contributed by atoms with E-state index in [1.54, 1.807) is 0 Å². The van der Waals surface area contributed by atoms with Crippen molar-refractivity contribution < 1.29 is 0 Å². The second-order valence-electron chi connectivity index (χ2n) is 5.66. The zero-order valence-corrected chi connectivity index (χ0v) is 14.9. The number of hydrogen-bond acceptors (Lipinski definition) is 2. The van der Waals surface area contributed by atoms with Crippen LogP contribution in [0.5, 0.6) is 0 Å². The molecule has 1 N–H and O–H groups in total. The van der Waals surface area contributed by atoms with Crippen LogP contribution in [-0.2, 0) is 0 Å². The van der Waals surface area contributed by atoms with Gasteiger partial charge in [-0.15, -0.1) is 11.3 Å². The number of rotatable bonds is 11. The van der Waals surface area contributed by atoms with Gasteiger partial charge in [-0.3, -0.25) is 0 Å². The molecule has 0 spiro atoms. The SMILES string of the molecule is CCCCCCCCC(NCCC)c1scc(C)c1Cl. The van der Waals surface area contributed by atoms with Gasteiger partial charge in [-0.05, 0) is 37.3 Å². The number of halogens is 1. The summed E-state index contributed by atoms with van der Waals surface area (Å²) in [6.07, 6.45) is 10.5. The molecule has 1 rings (SSSR count). The van der Waals surface area contributed by atoms with Crippen molar-refractivity contribution in [2.45, 2.75) is 78.2 Å². The first kappa shape index (κ1) is 18.0. The third kappa shape index (κ3) is 6.15. The summed E-state index contributed by atoms with van der Waals surface area (Å²) in [4.78, 5) is 1.34. The van der Waals surface area contributed by atoms with E-state index in [-0.39, 0.29) is 0 Å². The average Bonchev–Trinajstić information content (AvgIpc) is 2.78. The van der Waals surface area contributed by atoms with Crippen molar-refractivity contribution in [3.8, 4) is 0 Å². The fourth-order valence-corrected chi connectivity index (χ4v) is 3.89. The number of nitrogens with one attached hydrogen (secondary N) is 1. The van der Waals surface area contributed by atoms with E-state index >= 15 is 0 Å². The summed E-state index contributed by atoms with van der Waals surface area (Å²) in [5.74, 6) is 0. The summed E-state index contributed by atoms with van der Waals surface area (Å²) in [5.41, 5.74) is 1.22. The molecule has 0 fully saturated rings. The largest absolute Gasteiger partial charge is 0.309 e. The van der Waals surface area contributed by atoms with Crippen molar-refractivity contribution >= 4 is 22.9 Å². The minimum absolute atomic E-state index is 0.451. The fourth-order valence-electron chi connectivity index (χ4n) is 2.46. The first-order valence-electron chi connectivity index (χ1n) is 8.17. The first-order chi connectivity index (χ1) is 9.70. The standard InChI is InChI=1S/C17H30ClNS/c1-4-6-7-8-9-10-11-15(19-12-5-2)17-16(18)14(3)13-20-17/h13,15,19H,4-12H2,1-3H3. The van der Waals surface area contributed by atoms with E-state index < -0.39 is 0 Å². The van der Waals surface area contributed by atoms with Crippen LogP contribution in [-0.4, -0.2) is 6.54 Å². The number of unbranched alkanes of at least 4 members (excludes halogenated alkanes) is 5. The molecule has 116 valence electrons. The van der Waals surface area contributed by atoms with Gasteiger partial charge in [0.1, 0.15) is 0 Å². The molecule has 1 nitrogen and oxygen atoms in total. The van der Waals surface area contributed by atoms with Gasteiger partial charge in [0.2, 0.25) is 0 Å². The van der Waals surface area contributed by atoms with Crippen molar-refractivity contribution in [3.63, 3.8) is 0 Å². The van der Waals surface area contributed by atoms with Crippen LogP contribution in [0.4, 0.5) is 0 Å². The van der Waals surface area contributed by atoms with Crippen LogP contribution in [0.1, 0.15) is 81.7 Å². The molecule has 1 aromatic rings. The molecule has 0 amide bonds. The summed E-state index contributed by atoms with van der Waals surface area (Å²) in [6.45, 7) is 7.67. The molecular weight excluding hydrogens is 286 g/mol. The smallest absolute Gasteiger partial charge is 0.0590 e. The predicted molar refractivity (Wildman–Crippen MR) is 93.1 cm³/mol. The van der Waals surface area contributed by atoms with Gasteiger partial charge in [0, 0.05) is 10.9 Å². The van der Waals surface area contributed by atoms with Gasteiger partial charge in [0.25, 0.3) is 0 Å². The molecule has 1 aromatic heterocycles. The van der Waals surface area contributed by atoms with Gasteiger partial charge in [0.05, 0.1) is 5.02 Å². The monoisotopic (exact) mass is 315 g/mol. The Morgan fingerprint density at radius 3 is 2.40 bits per heavy atom. The van der Waals surface area contributed by atoms with E-state index in [0.29, 0.717) is 6.04 Å². The van der Waals surface area contributed by atoms with E-state index in [1.807, 2.05) is 11.3 Å². The Hall–Kier alpha value is -0.0500. The summed E-state index contributed by atoms with van der Waals surface area (Å²) in [5, 5.41) is 6.83. The van der Waals surface area contributed by atoms with E-state index in [1.165, 1.54) is 61.8 Å². The molecule has 0 aliphatic heterocycles. The average molecular weight is 316 g/mol.